The molecule has 4 aliphatic rings. The minimum absolute atomic E-state index is 0.0386. The molecule has 0 aromatic rings. The molecule has 3 saturated heterocycles. The van der Waals surface area contributed by atoms with Gasteiger partial charge in [-0.15, -0.1) is 24.9 Å². The number of ether oxygens (including phenoxy) is 1. The van der Waals surface area contributed by atoms with Gasteiger partial charge in [-0.05, 0) is 56.8 Å². The van der Waals surface area contributed by atoms with E-state index in [0.29, 0.717) is 19.6 Å². The van der Waals surface area contributed by atoms with Gasteiger partial charge in [0, 0.05) is 17.8 Å². The van der Waals surface area contributed by atoms with Gasteiger partial charge in [0.15, 0.2) is 0 Å². The standard InChI is InChI=1S/C32H50N2O5S/c1-6-8-9-13-17-39-31(38)26-25-19-22(5)32(40-25)27(26)29(36)34(24(20-35)18-21(3)4)28(32)30(37)33(16-7-2)23-14-11-10-12-15-23/h6-7,21-28,35H,1-2,8-20H2,3-5H3/t22?,24-,25+,26-,27+,28?,32?/m1/s1. The second-order valence-corrected chi connectivity index (χ2v) is 14.3. The van der Waals surface area contributed by atoms with E-state index in [9.17, 15) is 19.5 Å². The van der Waals surface area contributed by atoms with E-state index in [-0.39, 0.29) is 47.5 Å². The quantitative estimate of drug-likeness (QED) is 0.179. The molecule has 8 heteroatoms. The number of hydrogen-bond acceptors (Lipinski definition) is 6. The Balaban J connectivity index is 1.71. The SMILES string of the molecule is C=CCCCCOC(=O)[C@@H]1[C@@H]2CC(C)C3(S2)C(C(=O)N(CC=C)C2CCCCC2)N([C@@H](CO)CC(C)C)C(=O)[C@H]13. The highest BCUT2D eigenvalue weighted by Crippen LogP contribution is 2.69. The Morgan fingerprint density at radius 1 is 1.20 bits per heavy atom. The van der Waals surface area contributed by atoms with Crippen molar-refractivity contribution in [1.82, 2.24) is 9.80 Å². The first-order valence-corrected chi connectivity index (χ1v) is 16.4. The first-order valence-electron chi connectivity index (χ1n) is 15.5. The zero-order chi connectivity index (χ0) is 29.0. The molecule has 7 atom stereocenters. The third-order valence-electron chi connectivity index (χ3n) is 9.71. The molecule has 4 rings (SSSR count). The summed E-state index contributed by atoms with van der Waals surface area (Å²) in [5, 5.41) is 10.5. The van der Waals surface area contributed by atoms with E-state index < -0.39 is 28.7 Å². The highest BCUT2D eigenvalue weighted by molar-refractivity contribution is 8.02. The van der Waals surface area contributed by atoms with E-state index in [4.69, 9.17) is 4.74 Å². The van der Waals surface area contributed by atoms with Crippen LogP contribution in [0.4, 0.5) is 0 Å². The van der Waals surface area contributed by atoms with Gasteiger partial charge in [0.25, 0.3) is 0 Å². The minimum atomic E-state index is -0.710. The molecule has 1 N–H and O–H groups in total. The first-order chi connectivity index (χ1) is 19.2. The molecule has 2 amide bonds. The van der Waals surface area contributed by atoms with Crippen molar-refractivity contribution >= 4 is 29.5 Å². The molecule has 40 heavy (non-hydrogen) atoms. The normalized spacial score (nSPS) is 32.3. The second kappa shape index (κ2) is 13.5. The lowest BCUT2D eigenvalue weighted by Gasteiger charge is -2.44. The van der Waals surface area contributed by atoms with Crippen molar-refractivity contribution in [2.45, 2.75) is 113 Å². The number of rotatable bonds is 14. The number of unbranched alkanes of at least 4 members (excludes halogenated alkanes) is 2. The van der Waals surface area contributed by atoms with Gasteiger partial charge in [-0.1, -0.05) is 52.2 Å². The zero-order valence-electron chi connectivity index (χ0n) is 24.8. The van der Waals surface area contributed by atoms with Gasteiger partial charge in [-0.25, -0.2) is 0 Å². The molecule has 1 spiro atoms. The van der Waals surface area contributed by atoms with Gasteiger partial charge in [0.2, 0.25) is 11.8 Å². The summed E-state index contributed by atoms with van der Waals surface area (Å²) in [6.45, 7) is 14.5. The number of hydrogen-bond donors (Lipinski definition) is 1. The van der Waals surface area contributed by atoms with Crippen LogP contribution in [0.2, 0.25) is 0 Å². The summed E-state index contributed by atoms with van der Waals surface area (Å²) in [4.78, 5) is 46.5. The summed E-state index contributed by atoms with van der Waals surface area (Å²) < 4.78 is 5.06. The molecule has 1 saturated carbocycles. The van der Waals surface area contributed by atoms with Gasteiger partial charge in [-0.3, -0.25) is 14.4 Å². The second-order valence-electron chi connectivity index (χ2n) is 12.8. The summed E-state index contributed by atoms with van der Waals surface area (Å²) >= 11 is 1.68. The third kappa shape index (κ3) is 5.64. The van der Waals surface area contributed by atoms with E-state index in [2.05, 4.69) is 33.9 Å². The number of carbonyl (C=O) groups excluding carboxylic acids is 3. The maximum Gasteiger partial charge on any atom is 0.310 e. The topological polar surface area (TPSA) is 87.2 Å². The molecule has 0 aromatic heterocycles. The summed E-state index contributed by atoms with van der Waals surface area (Å²) in [7, 11) is 0. The van der Waals surface area contributed by atoms with Crippen molar-refractivity contribution in [1.29, 1.82) is 0 Å². The highest BCUT2D eigenvalue weighted by atomic mass is 32.2. The number of likely N-dealkylation sites (tertiary alicyclic amines) is 1. The van der Waals surface area contributed by atoms with Crippen LogP contribution in [0.3, 0.4) is 0 Å². The van der Waals surface area contributed by atoms with Gasteiger partial charge >= 0.3 is 5.97 Å². The minimum Gasteiger partial charge on any atom is -0.465 e. The molecule has 3 heterocycles. The fraction of sp³-hybridized carbons (Fsp3) is 0.781. The lowest BCUT2D eigenvalue weighted by Crippen LogP contribution is -2.60. The molecular weight excluding hydrogens is 524 g/mol. The van der Waals surface area contributed by atoms with E-state index >= 15 is 0 Å². The summed E-state index contributed by atoms with van der Waals surface area (Å²) in [5.74, 6) is -1.36. The Morgan fingerprint density at radius 3 is 2.55 bits per heavy atom. The predicted octanol–water partition coefficient (Wildman–Crippen LogP) is 4.98. The number of carbonyl (C=O) groups is 3. The van der Waals surface area contributed by atoms with Gasteiger partial charge < -0.3 is 19.6 Å². The Hall–Kier alpha value is -1.80. The number of esters is 1. The van der Waals surface area contributed by atoms with Crippen molar-refractivity contribution in [3.63, 3.8) is 0 Å². The fourth-order valence-corrected chi connectivity index (χ4v) is 10.4. The maximum atomic E-state index is 14.8. The average molecular weight is 575 g/mol. The predicted molar refractivity (Wildman–Crippen MR) is 160 cm³/mol. The summed E-state index contributed by atoms with van der Waals surface area (Å²) in [6.07, 6.45) is 12.8. The van der Waals surface area contributed by atoms with Gasteiger partial charge in [0.05, 0.1) is 35.8 Å². The number of amides is 2. The number of allylic oxidation sites excluding steroid dienone is 1. The molecule has 0 radical (unpaired) electrons. The Labute approximate surface area is 245 Å². The molecule has 3 unspecified atom stereocenters. The van der Waals surface area contributed by atoms with Crippen molar-refractivity contribution in [3.05, 3.63) is 25.3 Å². The van der Waals surface area contributed by atoms with E-state index in [1.807, 2.05) is 11.0 Å². The van der Waals surface area contributed by atoms with Crippen LogP contribution >= 0.6 is 11.8 Å². The molecule has 4 fully saturated rings. The molecule has 7 nitrogen and oxygen atoms in total. The van der Waals surface area contributed by atoms with Crippen LogP contribution < -0.4 is 0 Å². The summed E-state index contributed by atoms with van der Waals surface area (Å²) in [6, 6.07) is -1.06. The first kappa shape index (κ1) is 31.1. The number of thioether (sulfide) groups is 1. The molecular formula is C32H50N2O5S. The Morgan fingerprint density at radius 2 is 1.93 bits per heavy atom. The van der Waals surface area contributed by atoms with Gasteiger partial charge in [-0.2, -0.15) is 0 Å². The van der Waals surface area contributed by atoms with Crippen LogP contribution in [-0.4, -0.2) is 80.6 Å². The molecule has 3 aliphatic heterocycles. The molecule has 1 aliphatic carbocycles. The number of nitrogens with zero attached hydrogens (tertiary/aromatic N) is 2. The van der Waals surface area contributed by atoms with Crippen LogP contribution in [-0.2, 0) is 19.1 Å². The third-order valence-corrected chi connectivity index (χ3v) is 11.8. The zero-order valence-corrected chi connectivity index (χ0v) is 25.6. The fourth-order valence-electron chi connectivity index (χ4n) is 7.99. The lowest BCUT2D eigenvalue weighted by atomic mass is 9.66. The van der Waals surface area contributed by atoms with E-state index in [0.717, 1.165) is 51.4 Å². The van der Waals surface area contributed by atoms with Crippen molar-refractivity contribution in [2.24, 2.45) is 23.7 Å². The van der Waals surface area contributed by atoms with Crippen molar-refractivity contribution in [2.75, 3.05) is 19.8 Å². The number of aliphatic hydroxyl groups excluding tert-OH is 1. The van der Waals surface area contributed by atoms with Gasteiger partial charge in [0.1, 0.15) is 6.04 Å². The van der Waals surface area contributed by atoms with Crippen LogP contribution in [0.5, 0.6) is 0 Å². The molecule has 2 bridgehead atoms. The number of fused-ring (bicyclic) bond motifs is 1. The van der Waals surface area contributed by atoms with Crippen molar-refractivity contribution < 1.29 is 24.2 Å². The maximum absolute atomic E-state index is 14.8. The van der Waals surface area contributed by atoms with Crippen LogP contribution in [0.15, 0.2) is 25.3 Å². The molecule has 224 valence electrons. The van der Waals surface area contributed by atoms with Crippen LogP contribution in [0, 0.1) is 23.7 Å². The Bertz CT molecular complexity index is 950. The summed E-state index contributed by atoms with van der Waals surface area (Å²) in [5.41, 5.74) is 0. The van der Waals surface area contributed by atoms with Crippen molar-refractivity contribution in [3.8, 4) is 0 Å². The average Bonchev–Trinajstić information content (AvgIpc) is 3.53. The largest absolute Gasteiger partial charge is 0.465 e. The smallest absolute Gasteiger partial charge is 0.310 e. The monoisotopic (exact) mass is 574 g/mol. The highest BCUT2D eigenvalue weighted by Gasteiger charge is 2.77. The van der Waals surface area contributed by atoms with E-state index in [1.54, 1.807) is 22.7 Å². The number of aliphatic hydroxyl groups is 1. The van der Waals surface area contributed by atoms with E-state index in [1.165, 1.54) is 6.42 Å². The Kier molecular flexibility index (Phi) is 10.5. The molecule has 0 aromatic carbocycles. The van der Waals surface area contributed by atoms with Crippen LogP contribution in [0.25, 0.3) is 0 Å². The van der Waals surface area contributed by atoms with Crippen LogP contribution in [0.1, 0.15) is 85.0 Å². The lowest BCUT2D eigenvalue weighted by molar-refractivity contribution is -0.155.